The highest BCUT2D eigenvalue weighted by molar-refractivity contribution is 7.80. The highest BCUT2D eigenvalue weighted by Crippen LogP contribution is 2.44. The van der Waals surface area contributed by atoms with E-state index in [1.54, 1.807) is 6.07 Å². The zero-order valence-corrected chi connectivity index (χ0v) is 26.1. The van der Waals surface area contributed by atoms with Gasteiger partial charge in [-0.1, -0.05) is 60.7 Å². The third-order valence-electron chi connectivity index (χ3n) is 9.10. The molecular formula is C36H33F6N3OS. The zero-order chi connectivity index (χ0) is 33.3. The Balaban J connectivity index is 1.29. The third kappa shape index (κ3) is 7.47. The minimum Gasteiger partial charge on any atom is -0.367 e. The Kier molecular flexibility index (Phi) is 9.33. The van der Waals surface area contributed by atoms with E-state index in [-0.39, 0.29) is 23.3 Å². The number of piperidine rings is 3. The van der Waals surface area contributed by atoms with Gasteiger partial charge in [0.15, 0.2) is 5.11 Å². The number of hydrogen-bond acceptors (Lipinski definition) is 3. The van der Waals surface area contributed by atoms with Crippen LogP contribution in [0, 0.1) is 11.8 Å². The number of nitrogens with one attached hydrogen (secondary N) is 2. The van der Waals surface area contributed by atoms with Crippen LogP contribution >= 0.6 is 12.2 Å². The summed E-state index contributed by atoms with van der Waals surface area (Å²) in [6.07, 6.45) is -6.07. The van der Waals surface area contributed by atoms with E-state index in [9.17, 15) is 26.3 Å². The second-order valence-electron chi connectivity index (χ2n) is 12.1. The number of alkyl halides is 6. The van der Waals surface area contributed by atoms with Crippen molar-refractivity contribution in [3.8, 4) is 0 Å². The SMILES string of the molecule is C=CC1CN2CCC1CC2[C@H](OCc1ccccc1)c1cccc2ccc(NC(=S)Nc3cc(C(F)(F)F)cc(C(F)(F)F)c3)cc12. The monoisotopic (exact) mass is 669 g/mol. The van der Waals surface area contributed by atoms with Crippen molar-refractivity contribution in [2.45, 2.75) is 43.9 Å². The summed E-state index contributed by atoms with van der Waals surface area (Å²) in [6.45, 7) is 6.38. The van der Waals surface area contributed by atoms with Gasteiger partial charge in [0.1, 0.15) is 0 Å². The van der Waals surface area contributed by atoms with Crippen LogP contribution in [0.4, 0.5) is 37.7 Å². The second-order valence-corrected chi connectivity index (χ2v) is 12.5. The molecule has 0 aromatic heterocycles. The van der Waals surface area contributed by atoms with Crippen molar-refractivity contribution in [2.75, 3.05) is 23.7 Å². The number of anilines is 2. The molecular weight excluding hydrogens is 636 g/mol. The average Bonchev–Trinajstić information content (AvgIpc) is 3.04. The maximum absolute atomic E-state index is 13.4. The summed E-state index contributed by atoms with van der Waals surface area (Å²) in [5, 5.41) is 7.14. The van der Waals surface area contributed by atoms with Gasteiger partial charge in [-0.15, -0.1) is 6.58 Å². The van der Waals surface area contributed by atoms with Gasteiger partial charge in [-0.05, 0) is 95.7 Å². The lowest BCUT2D eigenvalue weighted by atomic mass is 9.73. The van der Waals surface area contributed by atoms with Crippen molar-refractivity contribution < 1.29 is 31.1 Å². The number of ether oxygens (including phenoxy) is 1. The Labute approximate surface area is 274 Å². The van der Waals surface area contributed by atoms with E-state index in [0.717, 1.165) is 47.8 Å². The predicted molar refractivity (Wildman–Crippen MR) is 176 cm³/mol. The van der Waals surface area contributed by atoms with Gasteiger partial charge >= 0.3 is 12.4 Å². The number of thiocarbonyl (C=S) groups is 1. The molecule has 7 rings (SSSR count). The standard InChI is InChI=1S/C36H33F6N3OS/c1-2-23-20-45-14-13-25(23)15-32(45)33(46-21-22-7-4-3-5-8-22)30-10-6-9-24-11-12-28(19-31(24)30)43-34(47)44-29-17-26(35(37,38)39)16-27(18-29)36(40,41)42/h2-12,16-19,23,25,32-33H,1,13-15,20-21H2,(H2,43,44,47)/t23?,25?,32?,33-/m1/s1. The first kappa shape index (κ1) is 33.0. The van der Waals surface area contributed by atoms with Crippen LogP contribution < -0.4 is 10.6 Å². The summed E-state index contributed by atoms with van der Waals surface area (Å²) in [5.74, 6) is 0.963. The van der Waals surface area contributed by atoms with Gasteiger partial charge in [0, 0.05) is 24.0 Å². The lowest BCUT2D eigenvalue weighted by molar-refractivity contribution is -0.143. The van der Waals surface area contributed by atoms with E-state index in [4.69, 9.17) is 17.0 Å². The fourth-order valence-corrected chi connectivity index (χ4v) is 7.04. The van der Waals surface area contributed by atoms with Gasteiger partial charge in [-0.25, -0.2) is 0 Å². The number of nitrogens with zero attached hydrogens (tertiary/aromatic N) is 1. The lowest BCUT2D eigenvalue weighted by Crippen LogP contribution is -2.55. The molecule has 4 nitrogen and oxygen atoms in total. The first-order valence-electron chi connectivity index (χ1n) is 15.3. The minimum atomic E-state index is -4.97. The molecule has 4 aromatic carbocycles. The topological polar surface area (TPSA) is 36.5 Å². The molecule has 0 amide bonds. The van der Waals surface area contributed by atoms with E-state index in [1.807, 2.05) is 60.7 Å². The Morgan fingerprint density at radius 2 is 1.60 bits per heavy atom. The quantitative estimate of drug-likeness (QED) is 0.111. The molecule has 0 saturated carbocycles. The van der Waals surface area contributed by atoms with Gasteiger partial charge in [0.2, 0.25) is 0 Å². The molecule has 3 fully saturated rings. The fraction of sp³-hybridized carbons (Fsp3) is 0.306. The number of rotatable bonds is 8. The predicted octanol–water partition coefficient (Wildman–Crippen LogP) is 9.84. The molecule has 5 atom stereocenters. The molecule has 3 aliphatic heterocycles. The van der Waals surface area contributed by atoms with Crippen LogP contribution in [-0.2, 0) is 23.7 Å². The molecule has 2 bridgehead atoms. The molecule has 4 aromatic rings. The van der Waals surface area contributed by atoms with Crippen LogP contribution in [0.5, 0.6) is 0 Å². The maximum atomic E-state index is 13.4. The highest BCUT2D eigenvalue weighted by atomic mass is 32.1. The van der Waals surface area contributed by atoms with Gasteiger partial charge in [0.05, 0.1) is 23.8 Å². The number of fused-ring (bicyclic) bond motifs is 4. The van der Waals surface area contributed by atoms with Crippen molar-refractivity contribution >= 4 is 39.5 Å². The van der Waals surface area contributed by atoms with Crippen LogP contribution in [0.3, 0.4) is 0 Å². The van der Waals surface area contributed by atoms with E-state index >= 15 is 0 Å². The third-order valence-corrected chi connectivity index (χ3v) is 9.31. The molecule has 3 aliphatic rings. The van der Waals surface area contributed by atoms with Crippen molar-refractivity contribution in [1.29, 1.82) is 0 Å². The molecule has 11 heteroatoms. The van der Waals surface area contributed by atoms with Gasteiger partial charge in [0.25, 0.3) is 0 Å². The summed E-state index contributed by atoms with van der Waals surface area (Å²) in [4.78, 5) is 2.49. The van der Waals surface area contributed by atoms with Gasteiger partial charge in [-0.3, -0.25) is 4.90 Å². The van der Waals surface area contributed by atoms with Crippen LogP contribution in [0.1, 0.15) is 41.2 Å². The average molecular weight is 670 g/mol. The maximum Gasteiger partial charge on any atom is 0.416 e. The van der Waals surface area contributed by atoms with Crippen LogP contribution in [-0.4, -0.2) is 29.1 Å². The van der Waals surface area contributed by atoms with Crippen molar-refractivity contribution in [1.82, 2.24) is 4.90 Å². The minimum absolute atomic E-state index is 0.0784. The Morgan fingerprint density at radius 1 is 0.894 bits per heavy atom. The molecule has 3 saturated heterocycles. The summed E-state index contributed by atoms with van der Waals surface area (Å²) < 4.78 is 87.0. The molecule has 2 N–H and O–H groups in total. The second kappa shape index (κ2) is 13.3. The molecule has 4 unspecified atom stereocenters. The summed E-state index contributed by atoms with van der Waals surface area (Å²) in [7, 11) is 0. The van der Waals surface area contributed by atoms with E-state index in [0.29, 0.717) is 36.3 Å². The van der Waals surface area contributed by atoms with E-state index < -0.39 is 29.2 Å². The summed E-state index contributed by atoms with van der Waals surface area (Å²) in [6, 6.07) is 22.9. The summed E-state index contributed by atoms with van der Waals surface area (Å²) >= 11 is 5.33. The van der Waals surface area contributed by atoms with Crippen LogP contribution in [0.2, 0.25) is 0 Å². The van der Waals surface area contributed by atoms with Crippen molar-refractivity contribution in [2.24, 2.45) is 11.8 Å². The molecule has 47 heavy (non-hydrogen) atoms. The molecule has 0 aliphatic carbocycles. The zero-order valence-electron chi connectivity index (χ0n) is 25.2. The molecule has 3 heterocycles. The Hall–Kier alpha value is -3.93. The smallest absolute Gasteiger partial charge is 0.367 e. The number of hydrogen-bond donors (Lipinski definition) is 2. The van der Waals surface area contributed by atoms with E-state index in [2.05, 4.69) is 28.2 Å². The summed E-state index contributed by atoms with van der Waals surface area (Å²) in [5.41, 5.74) is -0.729. The molecule has 0 spiro atoms. The fourth-order valence-electron chi connectivity index (χ4n) is 6.80. The lowest BCUT2D eigenvalue weighted by Gasteiger charge is -2.51. The van der Waals surface area contributed by atoms with Crippen LogP contribution in [0.15, 0.2) is 97.6 Å². The Bertz CT molecular complexity index is 1730. The molecule has 246 valence electrons. The van der Waals surface area contributed by atoms with Crippen molar-refractivity contribution in [3.63, 3.8) is 0 Å². The van der Waals surface area contributed by atoms with Crippen LogP contribution in [0.25, 0.3) is 10.8 Å². The largest absolute Gasteiger partial charge is 0.416 e. The Morgan fingerprint density at radius 3 is 2.23 bits per heavy atom. The van der Waals surface area contributed by atoms with E-state index in [1.165, 1.54) is 0 Å². The van der Waals surface area contributed by atoms with Gasteiger partial charge in [-0.2, -0.15) is 26.3 Å². The van der Waals surface area contributed by atoms with Gasteiger partial charge < -0.3 is 15.4 Å². The number of benzene rings is 4. The highest BCUT2D eigenvalue weighted by Gasteiger charge is 2.43. The first-order chi connectivity index (χ1) is 22.4. The van der Waals surface area contributed by atoms with Crippen molar-refractivity contribution in [3.05, 3.63) is 120 Å². The number of halogens is 6. The normalized spacial score (nSPS) is 21.7. The first-order valence-corrected chi connectivity index (χ1v) is 15.7. The molecule has 0 radical (unpaired) electrons.